The van der Waals surface area contributed by atoms with Gasteiger partial charge in [-0.1, -0.05) is 20.8 Å². The van der Waals surface area contributed by atoms with Crippen LogP contribution in [-0.4, -0.2) is 18.8 Å². The number of hydrazone groups is 1. The van der Waals surface area contributed by atoms with Crippen LogP contribution < -0.4 is 5.73 Å². The molecule has 3 heteroatoms. The van der Waals surface area contributed by atoms with Gasteiger partial charge in [0.05, 0.1) is 0 Å². The summed E-state index contributed by atoms with van der Waals surface area (Å²) in [6.45, 7) is 9.53. The van der Waals surface area contributed by atoms with Crippen molar-refractivity contribution < 1.29 is 0 Å². The van der Waals surface area contributed by atoms with Gasteiger partial charge in [0, 0.05) is 31.1 Å². The first-order chi connectivity index (χ1) is 4.88. The molecular weight excluding hydrogens is 138 g/mol. The molecule has 0 saturated carbocycles. The Morgan fingerprint density at radius 1 is 1.55 bits per heavy atom. The van der Waals surface area contributed by atoms with Crippen molar-refractivity contribution in [1.82, 2.24) is 5.01 Å². The minimum atomic E-state index is -0.00104. The van der Waals surface area contributed by atoms with Crippen molar-refractivity contribution in [3.05, 3.63) is 11.9 Å². The SMILES string of the molecule is C=NN(C)/C=C(\N)C(C)(C)C. The second-order valence-electron chi connectivity index (χ2n) is 3.55. The smallest absolute Gasteiger partial charge is 0.0421 e. The van der Waals surface area contributed by atoms with Gasteiger partial charge < -0.3 is 5.73 Å². The van der Waals surface area contributed by atoms with Crippen molar-refractivity contribution in [2.24, 2.45) is 16.3 Å². The lowest BCUT2D eigenvalue weighted by Crippen LogP contribution is -2.19. The Kier molecular flexibility index (Phi) is 3.11. The zero-order chi connectivity index (χ0) is 9.07. The third-order valence-corrected chi connectivity index (χ3v) is 1.42. The average Bonchev–Trinajstić information content (AvgIpc) is 1.85. The van der Waals surface area contributed by atoms with Gasteiger partial charge in [-0.3, -0.25) is 5.01 Å². The van der Waals surface area contributed by atoms with E-state index in [0.717, 1.165) is 5.70 Å². The van der Waals surface area contributed by atoms with Crippen LogP contribution in [0.1, 0.15) is 20.8 Å². The number of rotatable bonds is 2. The quantitative estimate of drug-likeness (QED) is 0.483. The van der Waals surface area contributed by atoms with E-state index >= 15 is 0 Å². The highest BCUT2D eigenvalue weighted by Crippen LogP contribution is 2.20. The Hall–Kier alpha value is -0.990. The summed E-state index contributed by atoms with van der Waals surface area (Å²) >= 11 is 0. The number of nitrogens with two attached hydrogens (primary N) is 1. The van der Waals surface area contributed by atoms with Gasteiger partial charge in [-0.2, -0.15) is 5.10 Å². The van der Waals surface area contributed by atoms with Crippen molar-refractivity contribution in [2.75, 3.05) is 7.05 Å². The second kappa shape index (κ2) is 3.42. The van der Waals surface area contributed by atoms with Crippen molar-refractivity contribution in [3.8, 4) is 0 Å². The molecule has 2 N–H and O–H groups in total. The highest BCUT2D eigenvalue weighted by Gasteiger charge is 2.13. The average molecular weight is 155 g/mol. The van der Waals surface area contributed by atoms with Gasteiger partial charge in [-0.25, -0.2) is 0 Å². The molecule has 0 bridgehead atoms. The van der Waals surface area contributed by atoms with Crippen molar-refractivity contribution >= 4 is 6.72 Å². The molecule has 0 aliphatic carbocycles. The molecule has 0 unspecified atom stereocenters. The van der Waals surface area contributed by atoms with E-state index in [-0.39, 0.29) is 5.41 Å². The summed E-state index contributed by atoms with van der Waals surface area (Å²) in [7, 11) is 1.80. The van der Waals surface area contributed by atoms with Gasteiger partial charge in [0.1, 0.15) is 0 Å². The van der Waals surface area contributed by atoms with Gasteiger partial charge >= 0.3 is 0 Å². The lowest BCUT2D eigenvalue weighted by atomic mass is 9.93. The van der Waals surface area contributed by atoms with Crippen molar-refractivity contribution in [1.29, 1.82) is 0 Å². The topological polar surface area (TPSA) is 41.6 Å². The molecule has 0 amide bonds. The molecule has 0 aromatic carbocycles. The molecule has 0 fully saturated rings. The maximum absolute atomic E-state index is 5.76. The zero-order valence-corrected chi connectivity index (χ0v) is 7.76. The number of nitrogens with zero attached hydrogens (tertiary/aromatic N) is 2. The molecular formula is C8H17N3. The van der Waals surface area contributed by atoms with Crippen LogP contribution in [0.5, 0.6) is 0 Å². The molecule has 0 atom stereocenters. The molecule has 3 nitrogen and oxygen atoms in total. The Morgan fingerprint density at radius 3 is 2.27 bits per heavy atom. The Labute approximate surface area is 68.6 Å². The normalized spacial score (nSPS) is 12.9. The molecule has 0 aromatic rings. The summed E-state index contributed by atoms with van der Waals surface area (Å²) in [5.41, 5.74) is 6.56. The molecule has 0 heterocycles. The fourth-order valence-electron chi connectivity index (χ4n) is 0.436. The fourth-order valence-corrected chi connectivity index (χ4v) is 0.436. The van der Waals surface area contributed by atoms with E-state index < -0.39 is 0 Å². The minimum absolute atomic E-state index is 0.00104. The highest BCUT2D eigenvalue weighted by molar-refractivity contribution is 5.23. The van der Waals surface area contributed by atoms with Crippen molar-refractivity contribution in [2.45, 2.75) is 20.8 Å². The molecule has 0 saturated heterocycles. The first-order valence-electron chi connectivity index (χ1n) is 3.55. The van der Waals surface area contributed by atoms with Crippen LogP contribution in [0.4, 0.5) is 0 Å². The van der Waals surface area contributed by atoms with Crippen LogP contribution in [0.2, 0.25) is 0 Å². The zero-order valence-electron chi connectivity index (χ0n) is 7.76. The van der Waals surface area contributed by atoms with E-state index in [1.54, 1.807) is 18.3 Å². The molecule has 0 rings (SSSR count). The van der Waals surface area contributed by atoms with Crippen molar-refractivity contribution in [3.63, 3.8) is 0 Å². The van der Waals surface area contributed by atoms with Crippen LogP contribution in [0, 0.1) is 5.41 Å². The van der Waals surface area contributed by atoms with Gasteiger partial charge in [0.15, 0.2) is 0 Å². The largest absolute Gasteiger partial charge is 0.400 e. The molecule has 11 heavy (non-hydrogen) atoms. The third-order valence-electron chi connectivity index (χ3n) is 1.42. The number of allylic oxidation sites excluding steroid dienone is 1. The maximum Gasteiger partial charge on any atom is 0.0421 e. The predicted octanol–water partition coefficient (Wildman–Crippen LogP) is 1.38. The van der Waals surface area contributed by atoms with Gasteiger partial charge in [0.25, 0.3) is 0 Å². The van der Waals surface area contributed by atoms with E-state index in [2.05, 4.69) is 32.6 Å². The fraction of sp³-hybridized carbons (Fsp3) is 0.625. The van der Waals surface area contributed by atoms with Crippen LogP contribution in [0.15, 0.2) is 17.0 Å². The summed E-state index contributed by atoms with van der Waals surface area (Å²) in [6, 6.07) is 0. The monoisotopic (exact) mass is 155 g/mol. The first-order valence-corrected chi connectivity index (χ1v) is 3.55. The van der Waals surface area contributed by atoms with E-state index in [4.69, 9.17) is 5.73 Å². The summed E-state index contributed by atoms with van der Waals surface area (Å²) in [4.78, 5) is 0. The Balaban J connectivity index is 4.33. The molecule has 0 radical (unpaired) electrons. The summed E-state index contributed by atoms with van der Waals surface area (Å²) in [5, 5.41) is 5.27. The summed E-state index contributed by atoms with van der Waals surface area (Å²) < 4.78 is 0. The molecule has 0 spiro atoms. The van der Waals surface area contributed by atoms with E-state index in [1.807, 2.05) is 0 Å². The molecule has 0 aromatic heterocycles. The van der Waals surface area contributed by atoms with Crippen LogP contribution in [-0.2, 0) is 0 Å². The molecule has 64 valence electrons. The Morgan fingerprint density at radius 2 is 2.00 bits per heavy atom. The highest BCUT2D eigenvalue weighted by atomic mass is 15.4. The van der Waals surface area contributed by atoms with Gasteiger partial charge in [-0.15, -0.1) is 0 Å². The number of hydrogen-bond donors (Lipinski definition) is 1. The van der Waals surface area contributed by atoms with Gasteiger partial charge in [-0.05, 0) is 0 Å². The molecule has 0 aliphatic rings. The third kappa shape index (κ3) is 3.65. The summed E-state index contributed by atoms with van der Waals surface area (Å²) in [6.07, 6.45) is 1.77. The predicted molar refractivity (Wildman–Crippen MR) is 49.0 cm³/mol. The van der Waals surface area contributed by atoms with Gasteiger partial charge in [0.2, 0.25) is 0 Å². The first kappa shape index (κ1) is 10.0. The van der Waals surface area contributed by atoms with Crippen LogP contribution in [0.25, 0.3) is 0 Å². The second-order valence-corrected chi connectivity index (χ2v) is 3.55. The lowest BCUT2D eigenvalue weighted by Gasteiger charge is -2.20. The van der Waals surface area contributed by atoms with E-state index in [0.29, 0.717) is 0 Å². The van der Waals surface area contributed by atoms with Crippen LogP contribution in [0.3, 0.4) is 0 Å². The Bertz CT molecular complexity index is 165. The number of hydrogen-bond acceptors (Lipinski definition) is 3. The summed E-state index contributed by atoms with van der Waals surface area (Å²) in [5.74, 6) is 0. The minimum Gasteiger partial charge on any atom is -0.400 e. The molecule has 0 aliphatic heterocycles. The van der Waals surface area contributed by atoms with E-state index in [1.165, 1.54) is 0 Å². The standard InChI is InChI=1S/C8H17N3/c1-8(2,3)7(9)6-11(5)10-4/h6H,4,9H2,1-3,5H3/b7-6-. The lowest BCUT2D eigenvalue weighted by molar-refractivity contribution is 0.442. The van der Waals surface area contributed by atoms with Crippen LogP contribution >= 0.6 is 0 Å². The maximum atomic E-state index is 5.76. The van der Waals surface area contributed by atoms with E-state index in [9.17, 15) is 0 Å².